The van der Waals surface area contributed by atoms with Crippen LogP contribution in [-0.2, 0) is 17.9 Å². The molecule has 1 amide bonds. The molecular formula is C18H21ClFN3O. The maximum atomic E-state index is 12.8. The zero-order chi connectivity index (χ0) is 17.7. The van der Waals surface area contributed by atoms with Gasteiger partial charge < -0.3 is 5.32 Å². The molecule has 4 nitrogen and oxygen atoms in total. The Kier molecular flexibility index (Phi) is 6.15. The molecule has 128 valence electrons. The number of hydrogen-bond donors (Lipinski definition) is 1. The van der Waals surface area contributed by atoms with Crippen LogP contribution >= 0.6 is 11.6 Å². The molecule has 0 fully saturated rings. The van der Waals surface area contributed by atoms with Crippen LogP contribution in [0.2, 0.25) is 5.15 Å². The molecule has 1 N–H and O–H groups in total. The summed E-state index contributed by atoms with van der Waals surface area (Å²) in [5.74, 6) is -0.113. The number of hydrogen-bond acceptors (Lipinski definition) is 2. The van der Waals surface area contributed by atoms with Crippen molar-refractivity contribution in [1.82, 2.24) is 15.1 Å². The minimum Gasteiger partial charge on any atom is -0.348 e. The highest BCUT2D eigenvalue weighted by molar-refractivity contribution is 6.31. The molecule has 0 unspecified atom stereocenters. The Morgan fingerprint density at radius 3 is 2.67 bits per heavy atom. The highest BCUT2D eigenvalue weighted by atomic mass is 35.5. The van der Waals surface area contributed by atoms with Gasteiger partial charge in [-0.1, -0.05) is 37.6 Å². The second kappa shape index (κ2) is 8.11. The Morgan fingerprint density at radius 2 is 2.04 bits per heavy atom. The average molecular weight is 350 g/mol. The van der Waals surface area contributed by atoms with Gasteiger partial charge in [-0.05, 0) is 36.6 Å². The molecule has 0 spiro atoms. The number of rotatable bonds is 6. The molecule has 1 aromatic carbocycles. The van der Waals surface area contributed by atoms with Gasteiger partial charge in [-0.25, -0.2) is 4.39 Å². The number of nitrogens with zero attached hydrogens (tertiary/aromatic N) is 2. The molecule has 0 saturated carbocycles. The van der Waals surface area contributed by atoms with Gasteiger partial charge in [0.15, 0.2) is 0 Å². The molecule has 0 aliphatic heterocycles. The van der Waals surface area contributed by atoms with Gasteiger partial charge in [0.1, 0.15) is 11.0 Å². The van der Waals surface area contributed by atoms with Crippen LogP contribution in [-0.4, -0.2) is 15.7 Å². The summed E-state index contributed by atoms with van der Waals surface area (Å²) in [6.45, 7) is 7.10. The highest BCUT2D eigenvalue weighted by Crippen LogP contribution is 2.22. The van der Waals surface area contributed by atoms with Gasteiger partial charge in [-0.3, -0.25) is 9.48 Å². The van der Waals surface area contributed by atoms with Crippen LogP contribution in [0.25, 0.3) is 6.08 Å². The molecule has 24 heavy (non-hydrogen) atoms. The third-order valence-corrected chi connectivity index (χ3v) is 3.83. The summed E-state index contributed by atoms with van der Waals surface area (Å²) in [4.78, 5) is 11.9. The van der Waals surface area contributed by atoms with E-state index in [1.165, 1.54) is 18.2 Å². The quantitative estimate of drug-likeness (QED) is 0.802. The van der Waals surface area contributed by atoms with E-state index in [4.69, 9.17) is 11.6 Å². The highest BCUT2D eigenvalue weighted by Gasteiger charge is 2.12. The number of nitrogens with one attached hydrogen (secondary N) is 1. The maximum absolute atomic E-state index is 12.8. The fourth-order valence-electron chi connectivity index (χ4n) is 2.23. The fraction of sp³-hybridized carbons (Fsp3) is 0.333. The van der Waals surface area contributed by atoms with Crippen molar-refractivity contribution in [2.24, 2.45) is 5.92 Å². The molecule has 0 aliphatic rings. The summed E-state index contributed by atoms with van der Waals surface area (Å²) >= 11 is 6.33. The van der Waals surface area contributed by atoms with E-state index >= 15 is 0 Å². The molecule has 0 saturated heterocycles. The van der Waals surface area contributed by atoms with Crippen molar-refractivity contribution < 1.29 is 9.18 Å². The van der Waals surface area contributed by atoms with E-state index in [1.54, 1.807) is 22.9 Å². The van der Waals surface area contributed by atoms with E-state index in [1.807, 2.05) is 6.92 Å². The van der Waals surface area contributed by atoms with Crippen molar-refractivity contribution >= 4 is 23.6 Å². The Labute approximate surface area is 146 Å². The summed E-state index contributed by atoms with van der Waals surface area (Å²) in [6.07, 6.45) is 3.10. The SMILES string of the molecule is Cc1nn(CC(C)C)c(Cl)c1/C=C/C(=O)NCc1ccc(F)cc1. The number of aromatic nitrogens is 2. The first-order valence-electron chi connectivity index (χ1n) is 7.80. The van der Waals surface area contributed by atoms with Crippen LogP contribution in [0, 0.1) is 18.7 Å². The predicted molar refractivity (Wildman–Crippen MR) is 94.1 cm³/mol. The van der Waals surface area contributed by atoms with Crippen LogP contribution in [0.4, 0.5) is 4.39 Å². The molecule has 0 aliphatic carbocycles. The molecule has 0 atom stereocenters. The largest absolute Gasteiger partial charge is 0.348 e. The van der Waals surface area contributed by atoms with E-state index in [-0.39, 0.29) is 11.7 Å². The van der Waals surface area contributed by atoms with Crippen molar-refractivity contribution in [3.05, 3.63) is 58.1 Å². The number of amides is 1. The number of carbonyl (C=O) groups excluding carboxylic acids is 1. The number of aryl methyl sites for hydroxylation is 1. The second-order valence-corrected chi connectivity index (χ2v) is 6.40. The van der Waals surface area contributed by atoms with E-state index in [9.17, 15) is 9.18 Å². The Balaban J connectivity index is 1.98. The third-order valence-electron chi connectivity index (χ3n) is 3.43. The minimum absolute atomic E-state index is 0.244. The third kappa shape index (κ3) is 4.93. The molecule has 6 heteroatoms. The average Bonchev–Trinajstić information content (AvgIpc) is 2.78. The van der Waals surface area contributed by atoms with Crippen LogP contribution in [0.3, 0.4) is 0 Å². The van der Waals surface area contributed by atoms with E-state index in [0.717, 1.165) is 23.4 Å². The lowest BCUT2D eigenvalue weighted by Gasteiger charge is -2.05. The lowest BCUT2D eigenvalue weighted by atomic mass is 10.2. The maximum Gasteiger partial charge on any atom is 0.244 e. The van der Waals surface area contributed by atoms with Gasteiger partial charge in [0.05, 0.1) is 5.69 Å². The topological polar surface area (TPSA) is 46.9 Å². The molecule has 0 radical (unpaired) electrons. The van der Waals surface area contributed by atoms with Gasteiger partial charge in [0.2, 0.25) is 5.91 Å². The standard InChI is InChI=1S/C18H21ClFN3O/c1-12(2)11-23-18(19)16(13(3)22-23)8-9-17(24)21-10-14-4-6-15(20)7-5-14/h4-9,12H,10-11H2,1-3H3,(H,21,24)/b9-8+. The zero-order valence-corrected chi connectivity index (χ0v) is 14.8. The monoisotopic (exact) mass is 349 g/mol. The lowest BCUT2D eigenvalue weighted by molar-refractivity contribution is -0.116. The molecule has 1 heterocycles. The predicted octanol–water partition coefficient (Wildman–Crippen LogP) is 3.97. The van der Waals surface area contributed by atoms with E-state index in [2.05, 4.69) is 24.3 Å². The van der Waals surface area contributed by atoms with Gasteiger partial charge in [0, 0.05) is 24.7 Å². The van der Waals surface area contributed by atoms with Gasteiger partial charge in [0.25, 0.3) is 0 Å². The van der Waals surface area contributed by atoms with E-state index < -0.39 is 0 Å². The molecular weight excluding hydrogens is 329 g/mol. The summed E-state index contributed by atoms with van der Waals surface area (Å²) < 4.78 is 14.6. The van der Waals surface area contributed by atoms with Crippen LogP contribution in [0.15, 0.2) is 30.3 Å². The van der Waals surface area contributed by atoms with Crippen molar-refractivity contribution in [1.29, 1.82) is 0 Å². The number of benzene rings is 1. The van der Waals surface area contributed by atoms with Crippen molar-refractivity contribution in [2.45, 2.75) is 33.9 Å². The summed E-state index contributed by atoms with van der Waals surface area (Å²) in [6, 6.07) is 6.00. The molecule has 2 rings (SSSR count). The summed E-state index contributed by atoms with van der Waals surface area (Å²) in [5.41, 5.74) is 2.36. The van der Waals surface area contributed by atoms with Crippen LogP contribution < -0.4 is 5.32 Å². The Morgan fingerprint density at radius 1 is 1.38 bits per heavy atom. The van der Waals surface area contributed by atoms with Crippen molar-refractivity contribution in [3.63, 3.8) is 0 Å². The second-order valence-electron chi connectivity index (χ2n) is 6.04. The number of halogens is 2. The molecule has 0 bridgehead atoms. The first kappa shape index (κ1) is 18.2. The molecule has 2 aromatic rings. The zero-order valence-electron chi connectivity index (χ0n) is 14.0. The van der Waals surface area contributed by atoms with Gasteiger partial charge >= 0.3 is 0 Å². The fourth-order valence-corrected chi connectivity index (χ4v) is 2.54. The normalized spacial score (nSPS) is 11.4. The van der Waals surface area contributed by atoms with Crippen molar-refractivity contribution in [3.8, 4) is 0 Å². The number of carbonyl (C=O) groups is 1. The van der Waals surface area contributed by atoms with Gasteiger partial charge in [-0.2, -0.15) is 5.10 Å². The van der Waals surface area contributed by atoms with Gasteiger partial charge in [-0.15, -0.1) is 0 Å². The smallest absolute Gasteiger partial charge is 0.244 e. The minimum atomic E-state index is -0.298. The first-order chi connectivity index (χ1) is 11.4. The molecule has 1 aromatic heterocycles. The van der Waals surface area contributed by atoms with Crippen LogP contribution in [0.1, 0.15) is 30.7 Å². The lowest BCUT2D eigenvalue weighted by Crippen LogP contribution is -2.20. The van der Waals surface area contributed by atoms with Crippen molar-refractivity contribution in [2.75, 3.05) is 0 Å². The van der Waals surface area contributed by atoms with Crippen LogP contribution in [0.5, 0.6) is 0 Å². The Bertz CT molecular complexity index is 735. The van der Waals surface area contributed by atoms with E-state index in [0.29, 0.717) is 17.6 Å². The summed E-state index contributed by atoms with van der Waals surface area (Å²) in [7, 11) is 0. The Hall–Kier alpha value is -2.14. The summed E-state index contributed by atoms with van der Waals surface area (Å²) in [5, 5.41) is 7.68. The first-order valence-corrected chi connectivity index (χ1v) is 8.18.